The van der Waals surface area contributed by atoms with Crippen LogP contribution in [0, 0.1) is 5.41 Å². The number of rotatable bonds is 3. The van der Waals surface area contributed by atoms with Gasteiger partial charge in [-0.1, -0.05) is 31.2 Å². The van der Waals surface area contributed by atoms with Gasteiger partial charge < -0.3 is 14.4 Å². The summed E-state index contributed by atoms with van der Waals surface area (Å²) in [6, 6.07) is 7.21. The minimum atomic E-state index is -0.411. The maximum atomic E-state index is 11.2. The van der Waals surface area contributed by atoms with Gasteiger partial charge in [0.25, 0.3) is 0 Å². The first-order valence-electron chi connectivity index (χ1n) is 5.99. The van der Waals surface area contributed by atoms with E-state index in [1.807, 2.05) is 19.1 Å². The van der Waals surface area contributed by atoms with Crippen LogP contribution in [-0.4, -0.2) is 37.8 Å². The van der Waals surface area contributed by atoms with E-state index in [0.717, 1.165) is 5.46 Å². The Morgan fingerprint density at radius 2 is 1.89 bits per heavy atom. The number of Topliss-reactive ketones (excluding diaryl/α,β-unsaturated/α-hetero) is 1. The Labute approximate surface area is 107 Å². The number of carbonyl (C=O) groups is 1. The van der Waals surface area contributed by atoms with E-state index in [0.29, 0.717) is 18.8 Å². The molecule has 0 saturated carbocycles. The highest BCUT2D eigenvalue weighted by Crippen LogP contribution is 2.21. The third-order valence-electron chi connectivity index (χ3n) is 3.14. The lowest BCUT2D eigenvalue weighted by Gasteiger charge is -2.34. The summed E-state index contributed by atoms with van der Waals surface area (Å²) in [5.41, 5.74) is 1.24. The molecule has 1 saturated heterocycles. The van der Waals surface area contributed by atoms with Crippen LogP contribution in [0.25, 0.3) is 0 Å². The Balaban J connectivity index is 2.03. The van der Waals surface area contributed by atoms with Crippen molar-refractivity contribution >= 4 is 18.4 Å². The molecule has 2 rings (SSSR count). The molecule has 0 spiro atoms. The second-order valence-corrected chi connectivity index (χ2v) is 5.10. The molecule has 1 aliphatic heterocycles. The van der Waals surface area contributed by atoms with Crippen molar-refractivity contribution in [1.29, 1.82) is 0 Å². The zero-order chi connectivity index (χ0) is 13.2. The molecule has 18 heavy (non-hydrogen) atoms. The van der Waals surface area contributed by atoms with E-state index in [1.165, 1.54) is 6.92 Å². The molecule has 96 valence electrons. The third kappa shape index (κ3) is 2.80. The second-order valence-electron chi connectivity index (χ2n) is 5.10. The summed E-state index contributed by atoms with van der Waals surface area (Å²) in [6.07, 6.45) is 0. The van der Waals surface area contributed by atoms with Gasteiger partial charge in [-0.05, 0) is 12.4 Å². The molecule has 1 heterocycles. The van der Waals surface area contributed by atoms with Crippen molar-refractivity contribution in [3.8, 4) is 0 Å². The lowest BCUT2D eigenvalue weighted by atomic mass is 9.75. The molecule has 0 radical (unpaired) electrons. The summed E-state index contributed by atoms with van der Waals surface area (Å²) in [7, 11) is -0.411. The summed E-state index contributed by atoms with van der Waals surface area (Å²) >= 11 is 0. The molecule has 4 nitrogen and oxygen atoms in total. The number of aliphatic hydroxyl groups is 1. The van der Waals surface area contributed by atoms with Gasteiger partial charge >= 0.3 is 7.12 Å². The Hall–Kier alpha value is -1.17. The van der Waals surface area contributed by atoms with Crippen molar-refractivity contribution in [2.75, 3.05) is 19.8 Å². The zero-order valence-electron chi connectivity index (χ0n) is 10.7. The van der Waals surface area contributed by atoms with Gasteiger partial charge in [0.1, 0.15) is 0 Å². The van der Waals surface area contributed by atoms with Crippen LogP contribution in [0.1, 0.15) is 24.2 Å². The quantitative estimate of drug-likeness (QED) is 0.629. The number of benzene rings is 1. The molecule has 5 heteroatoms. The van der Waals surface area contributed by atoms with Crippen molar-refractivity contribution in [3.63, 3.8) is 0 Å². The lowest BCUT2D eigenvalue weighted by molar-refractivity contribution is -0.0145. The SMILES string of the molecule is CC(=O)c1ccc(B2OCC(C)(CO)CO2)cc1. The predicted molar refractivity (Wildman–Crippen MR) is 68.9 cm³/mol. The van der Waals surface area contributed by atoms with Gasteiger partial charge in [-0.25, -0.2) is 0 Å². The maximum absolute atomic E-state index is 11.2. The number of carbonyl (C=O) groups excluding carboxylic acids is 1. The maximum Gasteiger partial charge on any atom is 0.493 e. The van der Waals surface area contributed by atoms with E-state index in [9.17, 15) is 9.90 Å². The number of ketones is 1. The van der Waals surface area contributed by atoms with E-state index < -0.39 is 7.12 Å². The first-order chi connectivity index (χ1) is 8.54. The molecule has 0 aromatic heterocycles. The summed E-state index contributed by atoms with van der Waals surface area (Å²) in [6.45, 7) is 4.42. The number of aliphatic hydroxyl groups excluding tert-OH is 1. The Morgan fingerprint density at radius 1 is 1.33 bits per heavy atom. The third-order valence-corrected chi connectivity index (χ3v) is 3.14. The lowest BCUT2D eigenvalue weighted by Crippen LogP contribution is -2.49. The van der Waals surface area contributed by atoms with Crippen LogP contribution in [-0.2, 0) is 9.31 Å². The van der Waals surface area contributed by atoms with Crippen molar-refractivity contribution in [2.24, 2.45) is 5.41 Å². The summed E-state index contributed by atoms with van der Waals surface area (Å²) in [5, 5.41) is 9.21. The molecule has 1 aliphatic rings. The highest BCUT2D eigenvalue weighted by Gasteiger charge is 2.35. The fourth-order valence-corrected chi connectivity index (χ4v) is 1.80. The molecule has 0 aliphatic carbocycles. The molecular weight excluding hydrogens is 231 g/mol. The molecule has 0 unspecified atom stereocenters. The zero-order valence-corrected chi connectivity index (χ0v) is 10.7. The van der Waals surface area contributed by atoms with Gasteiger partial charge in [0.05, 0.1) is 6.61 Å². The fourth-order valence-electron chi connectivity index (χ4n) is 1.80. The van der Waals surface area contributed by atoms with Gasteiger partial charge in [-0.15, -0.1) is 0 Å². The van der Waals surface area contributed by atoms with E-state index in [-0.39, 0.29) is 17.8 Å². The monoisotopic (exact) mass is 248 g/mol. The van der Waals surface area contributed by atoms with Crippen LogP contribution in [0.3, 0.4) is 0 Å². The first kappa shape index (κ1) is 13.3. The molecule has 0 amide bonds. The van der Waals surface area contributed by atoms with Crippen molar-refractivity contribution in [3.05, 3.63) is 29.8 Å². The van der Waals surface area contributed by atoms with Crippen LogP contribution < -0.4 is 5.46 Å². The highest BCUT2D eigenvalue weighted by molar-refractivity contribution is 6.61. The minimum Gasteiger partial charge on any atom is -0.407 e. The second kappa shape index (κ2) is 5.22. The van der Waals surface area contributed by atoms with Crippen LogP contribution in [0.4, 0.5) is 0 Å². The van der Waals surface area contributed by atoms with Gasteiger partial charge in [-0.2, -0.15) is 0 Å². The fraction of sp³-hybridized carbons (Fsp3) is 0.462. The van der Waals surface area contributed by atoms with Crippen LogP contribution >= 0.6 is 0 Å². The summed E-state index contributed by atoms with van der Waals surface area (Å²) in [4.78, 5) is 11.2. The number of hydrogen-bond acceptors (Lipinski definition) is 4. The van der Waals surface area contributed by atoms with Gasteiger partial charge in [-0.3, -0.25) is 4.79 Å². The Bertz CT molecular complexity index is 421. The standard InChI is InChI=1S/C13H17BO4/c1-10(16)11-3-5-12(6-4-11)14-17-8-13(2,7-15)9-18-14/h3-6,15H,7-9H2,1-2H3. The normalized spacial score (nSPS) is 18.7. The molecule has 0 bridgehead atoms. The Morgan fingerprint density at radius 3 is 2.33 bits per heavy atom. The van der Waals surface area contributed by atoms with Crippen molar-refractivity contribution in [2.45, 2.75) is 13.8 Å². The molecule has 1 fully saturated rings. The van der Waals surface area contributed by atoms with E-state index in [4.69, 9.17) is 9.31 Å². The van der Waals surface area contributed by atoms with Crippen molar-refractivity contribution in [1.82, 2.24) is 0 Å². The highest BCUT2D eigenvalue weighted by atomic mass is 16.6. The summed E-state index contributed by atoms with van der Waals surface area (Å²) in [5.74, 6) is 0.0416. The topological polar surface area (TPSA) is 55.8 Å². The van der Waals surface area contributed by atoms with Crippen molar-refractivity contribution < 1.29 is 19.2 Å². The molecule has 0 atom stereocenters. The van der Waals surface area contributed by atoms with Gasteiger partial charge in [0.15, 0.2) is 5.78 Å². The Kier molecular flexibility index (Phi) is 3.85. The minimum absolute atomic E-state index is 0.0416. The largest absolute Gasteiger partial charge is 0.493 e. The molecular formula is C13H17BO4. The van der Waals surface area contributed by atoms with Gasteiger partial charge in [0.2, 0.25) is 0 Å². The average Bonchev–Trinajstić information content (AvgIpc) is 2.40. The molecule has 1 N–H and O–H groups in total. The summed E-state index contributed by atoms with van der Waals surface area (Å²) < 4.78 is 11.2. The number of hydrogen-bond donors (Lipinski definition) is 1. The van der Waals surface area contributed by atoms with Crippen LogP contribution in [0.5, 0.6) is 0 Å². The van der Waals surface area contributed by atoms with E-state index in [1.54, 1.807) is 12.1 Å². The van der Waals surface area contributed by atoms with E-state index >= 15 is 0 Å². The molecule has 1 aromatic rings. The van der Waals surface area contributed by atoms with Crippen LogP contribution in [0.2, 0.25) is 0 Å². The predicted octanol–water partition coefficient (Wildman–Crippen LogP) is 0.630. The average molecular weight is 248 g/mol. The van der Waals surface area contributed by atoms with E-state index in [2.05, 4.69) is 0 Å². The first-order valence-corrected chi connectivity index (χ1v) is 5.99. The van der Waals surface area contributed by atoms with Gasteiger partial charge in [0, 0.05) is 24.2 Å². The smallest absolute Gasteiger partial charge is 0.407 e. The molecule has 1 aromatic carbocycles. The van der Waals surface area contributed by atoms with Crippen LogP contribution in [0.15, 0.2) is 24.3 Å².